The molecule has 16 heavy (non-hydrogen) atoms. The first-order chi connectivity index (χ1) is 7.36. The van der Waals surface area contributed by atoms with Crippen molar-refractivity contribution >= 4 is 12.6 Å². The molecule has 0 bridgehead atoms. The van der Waals surface area contributed by atoms with Crippen LogP contribution in [0.5, 0.6) is 0 Å². The van der Waals surface area contributed by atoms with Gasteiger partial charge in [0.05, 0.1) is 0 Å². The zero-order valence-electron chi connectivity index (χ0n) is 10.5. The van der Waals surface area contributed by atoms with Crippen LogP contribution in [-0.4, -0.2) is 10.3 Å². The topological polar surface area (TPSA) is 22.0 Å². The summed E-state index contributed by atoms with van der Waals surface area (Å²) in [5.41, 5.74) is 1.27. The lowest BCUT2D eigenvalue weighted by Crippen LogP contribution is -2.32. The van der Waals surface area contributed by atoms with Crippen LogP contribution in [0.2, 0.25) is 0 Å². The maximum absolute atomic E-state index is 11.8. The number of thiol groups is 1. The van der Waals surface area contributed by atoms with Crippen LogP contribution in [-0.2, 0) is 6.54 Å². The van der Waals surface area contributed by atoms with E-state index in [1.165, 1.54) is 0 Å². The van der Waals surface area contributed by atoms with Gasteiger partial charge in [-0.3, -0.25) is 4.79 Å². The number of nitrogens with zero attached hydrogens (tertiary/aromatic N) is 1. The smallest absolute Gasteiger partial charge is 0.250 e. The molecular weight excluding hydrogens is 218 g/mol. The van der Waals surface area contributed by atoms with Crippen molar-refractivity contribution in [1.29, 1.82) is 0 Å². The molecule has 0 aromatic carbocycles. The number of aryl methyl sites for hydroxylation is 1. The van der Waals surface area contributed by atoms with E-state index in [2.05, 4.69) is 33.4 Å². The Morgan fingerprint density at radius 1 is 1.38 bits per heavy atom. The Bertz CT molecular complexity index is 403. The number of pyridine rings is 1. The van der Waals surface area contributed by atoms with E-state index >= 15 is 0 Å². The second-order valence-corrected chi connectivity index (χ2v) is 5.73. The fraction of sp³-hybridized carbons (Fsp3) is 0.615. The normalized spacial score (nSPS) is 13.8. The first kappa shape index (κ1) is 13.4. The molecule has 1 aromatic heterocycles. The van der Waals surface area contributed by atoms with Crippen LogP contribution in [0.1, 0.15) is 26.5 Å². The van der Waals surface area contributed by atoms with Gasteiger partial charge in [0, 0.05) is 18.3 Å². The second-order valence-electron chi connectivity index (χ2n) is 5.36. The van der Waals surface area contributed by atoms with E-state index in [4.69, 9.17) is 0 Å². The van der Waals surface area contributed by atoms with Crippen LogP contribution in [0.4, 0.5) is 0 Å². The summed E-state index contributed by atoms with van der Waals surface area (Å²) in [5, 5.41) is 0. The number of hydrogen-bond acceptors (Lipinski definition) is 2. The molecule has 0 saturated heterocycles. The van der Waals surface area contributed by atoms with Crippen LogP contribution >= 0.6 is 12.6 Å². The summed E-state index contributed by atoms with van der Waals surface area (Å²) in [6, 6.07) is 5.39. The molecule has 0 aliphatic rings. The minimum atomic E-state index is 0.0797. The minimum absolute atomic E-state index is 0.0797. The number of aromatic nitrogens is 1. The maximum Gasteiger partial charge on any atom is 0.250 e. The van der Waals surface area contributed by atoms with Gasteiger partial charge in [-0.2, -0.15) is 12.6 Å². The summed E-state index contributed by atoms with van der Waals surface area (Å²) in [6.07, 6.45) is 0. The molecule has 0 aliphatic carbocycles. The highest BCUT2D eigenvalue weighted by atomic mass is 32.1. The first-order valence-electron chi connectivity index (χ1n) is 5.63. The molecule has 0 amide bonds. The predicted molar refractivity (Wildman–Crippen MR) is 72.2 cm³/mol. The van der Waals surface area contributed by atoms with Gasteiger partial charge in [0.15, 0.2) is 0 Å². The lowest BCUT2D eigenvalue weighted by Gasteiger charge is -2.30. The molecule has 1 rings (SSSR count). The number of hydrogen-bond donors (Lipinski definition) is 1. The van der Waals surface area contributed by atoms with E-state index in [1.807, 2.05) is 17.6 Å². The monoisotopic (exact) mass is 239 g/mol. The van der Waals surface area contributed by atoms with E-state index in [0.29, 0.717) is 5.92 Å². The molecule has 0 fully saturated rings. The highest BCUT2D eigenvalue weighted by Crippen LogP contribution is 2.28. The summed E-state index contributed by atoms with van der Waals surface area (Å²) in [5.74, 6) is 1.19. The van der Waals surface area contributed by atoms with Crippen molar-refractivity contribution in [3.63, 3.8) is 0 Å². The van der Waals surface area contributed by atoms with Crippen LogP contribution in [0.15, 0.2) is 23.0 Å². The second kappa shape index (κ2) is 5.09. The highest BCUT2D eigenvalue weighted by Gasteiger charge is 2.24. The van der Waals surface area contributed by atoms with E-state index in [-0.39, 0.29) is 11.0 Å². The molecule has 3 heteroatoms. The molecule has 0 N–H and O–H groups in total. The first-order valence-corrected chi connectivity index (χ1v) is 6.27. The minimum Gasteiger partial charge on any atom is -0.313 e. The van der Waals surface area contributed by atoms with E-state index in [1.54, 1.807) is 12.1 Å². The summed E-state index contributed by atoms with van der Waals surface area (Å²) < 4.78 is 1.84. The van der Waals surface area contributed by atoms with Crippen molar-refractivity contribution < 1.29 is 0 Å². The average Bonchev–Trinajstić information content (AvgIpc) is 2.15. The Hall–Kier alpha value is -0.700. The Labute approximate surface area is 103 Å². The van der Waals surface area contributed by atoms with Crippen LogP contribution < -0.4 is 5.56 Å². The molecular formula is C13H21NOS. The lowest BCUT2D eigenvalue weighted by atomic mass is 9.82. The van der Waals surface area contributed by atoms with Gasteiger partial charge in [-0.15, -0.1) is 0 Å². The van der Waals surface area contributed by atoms with Gasteiger partial charge in [0.1, 0.15) is 0 Å². The van der Waals surface area contributed by atoms with Gasteiger partial charge in [0.2, 0.25) is 0 Å². The standard InChI is InChI=1S/C13H21NOS/c1-10-6-5-7-12(15)14(10)8-11(9-16)13(2,3)4/h5-7,11,16H,8-9H2,1-4H3. The summed E-state index contributed by atoms with van der Waals surface area (Å²) in [4.78, 5) is 11.8. The molecule has 0 saturated carbocycles. The van der Waals surface area contributed by atoms with Gasteiger partial charge in [-0.1, -0.05) is 26.8 Å². The van der Waals surface area contributed by atoms with Gasteiger partial charge in [-0.05, 0) is 30.1 Å². The van der Waals surface area contributed by atoms with Crippen molar-refractivity contribution in [2.24, 2.45) is 11.3 Å². The Balaban J connectivity index is 3.00. The molecule has 1 atom stereocenters. The predicted octanol–water partition coefficient (Wildman–Crippen LogP) is 2.75. The largest absolute Gasteiger partial charge is 0.313 e. The molecule has 0 aliphatic heterocycles. The van der Waals surface area contributed by atoms with Crippen molar-refractivity contribution in [1.82, 2.24) is 4.57 Å². The van der Waals surface area contributed by atoms with Crippen molar-refractivity contribution in [3.8, 4) is 0 Å². The highest BCUT2D eigenvalue weighted by molar-refractivity contribution is 7.80. The molecule has 1 heterocycles. The molecule has 1 unspecified atom stereocenters. The molecule has 1 aromatic rings. The third-order valence-corrected chi connectivity index (χ3v) is 3.56. The Morgan fingerprint density at radius 2 is 2.00 bits per heavy atom. The van der Waals surface area contributed by atoms with Crippen LogP contribution in [0, 0.1) is 18.3 Å². The zero-order chi connectivity index (χ0) is 12.3. The average molecular weight is 239 g/mol. The number of rotatable bonds is 3. The van der Waals surface area contributed by atoms with Gasteiger partial charge in [0.25, 0.3) is 5.56 Å². The summed E-state index contributed by atoms with van der Waals surface area (Å²) in [6.45, 7) is 9.30. The van der Waals surface area contributed by atoms with Crippen molar-refractivity contribution in [2.75, 3.05) is 5.75 Å². The van der Waals surface area contributed by atoms with Crippen molar-refractivity contribution in [2.45, 2.75) is 34.2 Å². The van der Waals surface area contributed by atoms with Gasteiger partial charge >= 0.3 is 0 Å². The third kappa shape index (κ3) is 3.14. The van der Waals surface area contributed by atoms with Crippen LogP contribution in [0.25, 0.3) is 0 Å². The van der Waals surface area contributed by atoms with Gasteiger partial charge in [-0.25, -0.2) is 0 Å². The Morgan fingerprint density at radius 3 is 2.44 bits per heavy atom. The third-order valence-electron chi connectivity index (χ3n) is 3.12. The Kier molecular flexibility index (Phi) is 4.25. The summed E-state index contributed by atoms with van der Waals surface area (Å²) >= 11 is 4.39. The van der Waals surface area contributed by atoms with E-state index in [0.717, 1.165) is 18.0 Å². The fourth-order valence-electron chi connectivity index (χ4n) is 1.68. The van der Waals surface area contributed by atoms with E-state index < -0.39 is 0 Å². The van der Waals surface area contributed by atoms with Crippen LogP contribution in [0.3, 0.4) is 0 Å². The maximum atomic E-state index is 11.8. The van der Waals surface area contributed by atoms with Crippen molar-refractivity contribution in [3.05, 3.63) is 34.2 Å². The van der Waals surface area contributed by atoms with Gasteiger partial charge < -0.3 is 4.57 Å². The lowest BCUT2D eigenvalue weighted by molar-refractivity contribution is 0.235. The fourth-order valence-corrected chi connectivity index (χ4v) is 2.35. The molecule has 2 nitrogen and oxygen atoms in total. The summed E-state index contributed by atoms with van der Waals surface area (Å²) in [7, 11) is 0. The van der Waals surface area contributed by atoms with E-state index in [9.17, 15) is 4.79 Å². The molecule has 0 radical (unpaired) electrons. The molecule has 90 valence electrons. The SMILES string of the molecule is Cc1cccc(=O)n1CC(CS)C(C)(C)C. The zero-order valence-corrected chi connectivity index (χ0v) is 11.4. The quantitative estimate of drug-likeness (QED) is 0.805. The molecule has 0 spiro atoms.